The van der Waals surface area contributed by atoms with Crippen molar-refractivity contribution in [3.63, 3.8) is 0 Å². The van der Waals surface area contributed by atoms with Crippen molar-refractivity contribution in [2.24, 2.45) is 0 Å². The third-order valence-corrected chi connectivity index (χ3v) is 4.46. The molecule has 0 bridgehead atoms. The molecule has 94 valence electrons. The van der Waals surface area contributed by atoms with Crippen LogP contribution >= 0.6 is 23.4 Å². The Labute approximate surface area is 111 Å². The third-order valence-electron chi connectivity index (χ3n) is 3.16. The van der Waals surface area contributed by atoms with Crippen molar-refractivity contribution in [2.75, 3.05) is 12.4 Å². The van der Waals surface area contributed by atoms with Crippen LogP contribution < -0.4 is 0 Å². The van der Waals surface area contributed by atoms with E-state index in [0.717, 1.165) is 29.4 Å². The maximum absolute atomic E-state index is 10.2. The summed E-state index contributed by atoms with van der Waals surface area (Å²) >= 11 is 7.53. The van der Waals surface area contributed by atoms with Gasteiger partial charge in [0, 0.05) is 22.3 Å². The highest BCUT2D eigenvalue weighted by molar-refractivity contribution is 7.99. The van der Waals surface area contributed by atoms with Crippen LogP contribution in [-0.4, -0.2) is 29.2 Å². The van der Waals surface area contributed by atoms with Gasteiger partial charge in [0.05, 0.1) is 11.7 Å². The van der Waals surface area contributed by atoms with Crippen LogP contribution in [0.5, 0.6) is 0 Å². The van der Waals surface area contributed by atoms with Gasteiger partial charge < -0.3 is 9.84 Å². The Morgan fingerprint density at radius 2 is 2.41 bits per heavy atom. The Balaban J connectivity index is 1.89. The van der Waals surface area contributed by atoms with Crippen molar-refractivity contribution in [2.45, 2.75) is 36.4 Å². The summed E-state index contributed by atoms with van der Waals surface area (Å²) in [7, 11) is 0. The van der Waals surface area contributed by atoms with Crippen LogP contribution in [-0.2, 0) is 4.74 Å². The molecule has 0 spiro atoms. The SMILES string of the molecule is CC1(C(O)CSc2cccc(Cl)c2)CCCO1. The van der Waals surface area contributed by atoms with Crippen LogP contribution in [0, 0.1) is 0 Å². The lowest BCUT2D eigenvalue weighted by atomic mass is 9.97. The van der Waals surface area contributed by atoms with Crippen molar-refractivity contribution in [1.82, 2.24) is 0 Å². The summed E-state index contributed by atoms with van der Waals surface area (Å²) in [4.78, 5) is 1.08. The average molecular weight is 273 g/mol. The summed E-state index contributed by atoms with van der Waals surface area (Å²) in [5, 5.41) is 10.9. The summed E-state index contributed by atoms with van der Waals surface area (Å²) in [6, 6.07) is 7.69. The van der Waals surface area contributed by atoms with E-state index in [0.29, 0.717) is 5.75 Å². The van der Waals surface area contributed by atoms with Gasteiger partial charge in [-0.2, -0.15) is 0 Å². The molecule has 1 aliphatic rings. The molecular weight excluding hydrogens is 256 g/mol. The Kier molecular flexibility index (Phi) is 4.36. The Morgan fingerprint density at radius 3 is 3.06 bits per heavy atom. The number of ether oxygens (including phenoxy) is 1. The largest absolute Gasteiger partial charge is 0.389 e. The number of benzene rings is 1. The molecule has 0 aromatic heterocycles. The van der Waals surface area contributed by atoms with Crippen LogP contribution in [0.3, 0.4) is 0 Å². The quantitative estimate of drug-likeness (QED) is 0.853. The van der Waals surface area contributed by atoms with Gasteiger partial charge in [-0.15, -0.1) is 11.8 Å². The third kappa shape index (κ3) is 3.38. The molecule has 1 heterocycles. The molecule has 1 aliphatic heterocycles. The summed E-state index contributed by atoms with van der Waals surface area (Å²) in [5.74, 6) is 0.636. The number of halogens is 1. The maximum Gasteiger partial charge on any atom is 0.0921 e. The van der Waals surface area contributed by atoms with Crippen molar-refractivity contribution >= 4 is 23.4 Å². The highest BCUT2D eigenvalue weighted by Gasteiger charge is 2.37. The smallest absolute Gasteiger partial charge is 0.0921 e. The van der Waals surface area contributed by atoms with Crippen LogP contribution in [0.25, 0.3) is 0 Å². The second-order valence-corrected chi connectivity index (χ2v) is 6.08. The highest BCUT2D eigenvalue weighted by atomic mass is 35.5. The minimum absolute atomic E-state index is 0.369. The van der Waals surface area contributed by atoms with E-state index in [1.165, 1.54) is 0 Å². The number of hydrogen-bond donors (Lipinski definition) is 1. The Bertz CT molecular complexity index is 377. The first-order valence-electron chi connectivity index (χ1n) is 5.80. The van der Waals surface area contributed by atoms with E-state index in [2.05, 4.69) is 0 Å². The Hall–Kier alpha value is -0.220. The van der Waals surface area contributed by atoms with E-state index in [9.17, 15) is 5.11 Å². The summed E-state index contributed by atoms with van der Waals surface area (Å²) in [6.07, 6.45) is 1.54. The molecule has 2 atom stereocenters. The molecule has 2 unspecified atom stereocenters. The van der Waals surface area contributed by atoms with Crippen LogP contribution in [0.1, 0.15) is 19.8 Å². The topological polar surface area (TPSA) is 29.5 Å². The van der Waals surface area contributed by atoms with Crippen molar-refractivity contribution in [3.05, 3.63) is 29.3 Å². The molecule has 2 nitrogen and oxygen atoms in total. The number of aliphatic hydroxyl groups excluding tert-OH is 1. The van der Waals surface area contributed by atoms with Gasteiger partial charge in [-0.1, -0.05) is 17.7 Å². The molecule has 1 N–H and O–H groups in total. The fourth-order valence-electron chi connectivity index (χ4n) is 1.97. The molecule has 1 fully saturated rings. The molecule has 0 saturated carbocycles. The molecular formula is C13H17ClO2S. The minimum atomic E-state index is -0.436. The number of hydrogen-bond acceptors (Lipinski definition) is 3. The van der Waals surface area contributed by atoms with Crippen LogP contribution in [0.15, 0.2) is 29.2 Å². The molecule has 0 amide bonds. The summed E-state index contributed by atoms with van der Waals surface area (Å²) in [6.45, 7) is 2.75. The van der Waals surface area contributed by atoms with Gasteiger partial charge >= 0.3 is 0 Å². The zero-order chi connectivity index (χ0) is 12.3. The zero-order valence-corrected chi connectivity index (χ0v) is 11.4. The lowest BCUT2D eigenvalue weighted by Crippen LogP contribution is -2.40. The van der Waals surface area contributed by atoms with E-state index in [-0.39, 0.29) is 5.60 Å². The Morgan fingerprint density at radius 1 is 1.59 bits per heavy atom. The molecule has 0 radical (unpaired) electrons. The van der Waals surface area contributed by atoms with Crippen molar-refractivity contribution < 1.29 is 9.84 Å². The monoisotopic (exact) mass is 272 g/mol. The molecule has 4 heteroatoms. The minimum Gasteiger partial charge on any atom is -0.389 e. The lowest BCUT2D eigenvalue weighted by Gasteiger charge is -2.29. The first-order chi connectivity index (χ1) is 8.10. The maximum atomic E-state index is 10.2. The lowest BCUT2D eigenvalue weighted by molar-refractivity contribution is -0.0670. The standard InChI is InChI=1S/C13H17ClO2S/c1-13(6-3-7-16-13)12(15)9-17-11-5-2-4-10(14)8-11/h2,4-5,8,12,15H,3,6-7,9H2,1H3. The second kappa shape index (κ2) is 5.61. The van der Waals surface area contributed by atoms with Crippen molar-refractivity contribution in [3.8, 4) is 0 Å². The molecule has 17 heavy (non-hydrogen) atoms. The predicted octanol–water partition coefficient (Wildman–Crippen LogP) is 3.36. The predicted molar refractivity (Wildman–Crippen MR) is 71.8 cm³/mol. The first kappa shape index (κ1) is 13.2. The number of thioether (sulfide) groups is 1. The van der Waals surface area contributed by atoms with Crippen LogP contribution in [0.2, 0.25) is 5.02 Å². The molecule has 1 aromatic rings. The highest BCUT2D eigenvalue weighted by Crippen LogP contribution is 2.32. The van der Waals surface area contributed by atoms with E-state index in [1.807, 2.05) is 31.2 Å². The second-order valence-electron chi connectivity index (χ2n) is 4.55. The van der Waals surface area contributed by atoms with Gasteiger partial charge in [-0.05, 0) is 38.0 Å². The average Bonchev–Trinajstić information content (AvgIpc) is 2.74. The number of rotatable bonds is 4. The molecule has 2 rings (SSSR count). The van der Waals surface area contributed by atoms with E-state index >= 15 is 0 Å². The van der Waals surface area contributed by atoms with E-state index < -0.39 is 6.10 Å². The molecule has 0 aliphatic carbocycles. The fourth-order valence-corrected chi connectivity index (χ4v) is 3.31. The van der Waals surface area contributed by atoms with E-state index in [4.69, 9.17) is 16.3 Å². The van der Waals surface area contributed by atoms with E-state index in [1.54, 1.807) is 11.8 Å². The van der Waals surface area contributed by atoms with Gasteiger partial charge in [-0.25, -0.2) is 0 Å². The number of aliphatic hydroxyl groups is 1. The first-order valence-corrected chi connectivity index (χ1v) is 7.17. The van der Waals surface area contributed by atoms with Gasteiger partial charge in [-0.3, -0.25) is 0 Å². The molecule has 1 aromatic carbocycles. The normalized spacial score (nSPS) is 26.1. The van der Waals surface area contributed by atoms with Gasteiger partial charge in [0.25, 0.3) is 0 Å². The van der Waals surface area contributed by atoms with Gasteiger partial charge in [0.2, 0.25) is 0 Å². The van der Waals surface area contributed by atoms with Crippen molar-refractivity contribution in [1.29, 1.82) is 0 Å². The molecule has 1 saturated heterocycles. The fraction of sp³-hybridized carbons (Fsp3) is 0.538. The van der Waals surface area contributed by atoms with Gasteiger partial charge in [0.1, 0.15) is 0 Å². The summed E-state index contributed by atoms with van der Waals surface area (Å²) < 4.78 is 5.62. The van der Waals surface area contributed by atoms with Crippen LogP contribution in [0.4, 0.5) is 0 Å². The van der Waals surface area contributed by atoms with Gasteiger partial charge in [0.15, 0.2) is 0 Å². The zero-order valence-electron chi connectivity index (χ0n) is 9.86. The summed E-state index contributed by atoms with van der Waals surface area (Å²) in [5.41, 5.74) is -0.369.